The highest BCUT2D eigenvalue weighted by molar-refractivity contribution is 7.89. The molecule has 9 heteroatoms. The van der Waals surface area contributed by atoms with Crippen LogP contribution in [0.2, 0.25) is 5.02 Å². The second-order valence-corrected chi connectivity index (χ2v) is 7.04. The van der Waals surface area contributed by atoms with E-state index in [0.29, 0.717) is 17.1 Å². The molecule has 0 bridgehead atoms. The third-order valence-electron chi connectivity index (χ3n) is 3.33. The van der Waals surface area contributed by atoms with Crippen LogP contribution in [0.25, 0.3) is 0 Å². The van der Waals surface area contributed by atoms with Crippen molar-refractivity contribution in [3.63, 3.8) is 0 Å². The molecule has 0 N–H and O–H groups in total. The first-order chi connectivity index (χ1) is 9.64. The number of alkyl halides is 3. The smallest absolute Gasteiger partial charge is 0.207 e. The molecule has 0 spiro atoms. The molecule has 1 saturated heterocycles. The highest BCUT2D eigenvalue weighted by Gasteiger charge is 2.49. The summed E-state index contributed by atoms with van der Waals surface area (Å²) in [6.07, 6.45) is -4.27. The zero-order valence-electron chi connectivity index (χ0n) is 10.7. The summed E-state index contributed by atoms with van der Waals surface area (Å²) >= 11 is 5.50. The number of piperidine rings is 1. The first kappa shape index (κ1) is 16.5. The van der Waals surface area contributed by atoms with Gasteiger partial charge in [0.2, 0.25) is 10.0 Å². The molecule has 21 heavy (non-hydrogen) atoms. The van der Waals surface area contributed by atoms with Gasteiger partial charge in [0.05, 0.1) is 9.92 Å². The van der Waals surface area contributed by atoms with Crippen LogP contribution in [0.1, 0.15) is 19.3 Å². The van der Waals surface area contributed by atoms with Gasteiger partial charge in [-0.05, 0) is 31.0 Å². The molecule has 2 rings (SSSR count). The van der Waals surface area contributed by atoms with E-state index in [1.54, 1.807) is 0 Å². The van der Waals surface area contributed by atoms with Crippen LogP contribution in [0.4, 0.5) is 17.6 Å². The number of hydrogen-bond acceptors (Lipinski definition) is 2. The SMILES string of the molecule is O=S(=O)(c1ccc(F)c(Cl)c1)N1CCCCC1C(F)(F)F. The standard InChI is InChI=1S/C12H12ClF4NO2S/c13-9-7-8(4-5-10(9)14)21(19,20)18-6-2-1-3-11(18)12(15,16)17/h4-5,7,11H,1-3,6H2. The summed E-state index contributed by atoms with van der Waals surface area (Å²) in [7, 11) is -4.37. The van der Waals surface area contributed by atoms with Crippen LogP contribution in [-0.2, 0) is 10.0 Å². The molecule has 0 aliphatic carbocycles. The van der Waals surface area contributed by atoms with Gasteiger partial charge in [-0.25, -0.2) is 12.8 Å². The van der Waals surface area contributed by atoms with E-state index in [1.165, 1.54) is 0 Å². The van der Waals surface area contributed by atoms with E-state index >= 15 is 0 Å². The molecule has 1 aromatic rings. The number of nitrogens with zero attached hydrogens (tertiary/aromatic N) is 1. The normalized spacial score (nSPS) is 21.5. The Bertz CT molecular complexity index is 633. The molecule has 1 fully saturated rings. The molecule has 3 nitrogen and oxygen atoms in total. The molecule has 1 heterocycles. The lowest BCUT2D eigenvalue weighted by molar-refractivity contribution is -0.177. The van der Waals surface area contributed by atoms with Crippen molar-refractivity contribution in [2.45, 2.75) is 36.4 Å². The Labute approximate surface area is 124 Å². The molecule has 1 aromatic carbocycles. The van der Waals surface area contributed by atoms with Gasteiger partial charge in [0.1, 0.15) is 11.9 Å². The fourth-order valence-corrected chi connectivity index (χ4v) is 4.24. The quantitative estimate of drug-likeness (QED) is 0.768. The van der Waals surface area contributed by atoms with Crippen LogP contribution in [0.15, 0.2) is 23.1 Å². The Kier molecular flexibility index (Phi) is 4.51. The highest BCUT2D eigenvalue weighted by Crippen LogP contribution is 2.35. The monoisotopic (exact) mass is 345 g/mol. The third kappa shape index (κ3) is 3.32. The van der Waals surface area contributed by atoms with Gasteiger partial charge in [0.25, 0.3) is 0 Å². The number of sulfonamides is 1. The zero-order valence-corrected chi connectivity index (χ0v) is 12.3. The fraction of sp³-hybridized carbons (Fsp3) is 0.500. The first-order valence-electron chi connectivity index (χ1n) is 6.17. The number of benzene rings is 1. The average Bonchev–Trinajstić information content (AvgIpc) is 2.41. The van der Waals surface area contributed by atoms with Crippen LogP contribution in [0.5, 0.6) is 0 Å². The van der Waals surface area contributed by atoms with Crippen LogP contribution < -0.4 is 0 Å². The number of halogens is 5. The lowest BCUT2D eigenvalue weighted by Crippen LogP contribution is -2.51. The van der Waals surface area contributed by atoms with Gasteiger partial charge in [0, 0.05) is 6.54 Å². The first-order valence-corrected chi connectivity index (χ1v) is 7.99. The van der Waals surface area contributed by atoms with Crippen LogP contribution in [0.3, 0.4) is 0 Å². The summed E-state index contributed by atoms with van der Waals surface area (Å²) < 4.78 is 77.2. The Hall–Kier alpha value is -0.860. The Morgan fingerprint density at radius 1 is 1.24 bits per heavy atom. The molecular weight excluding hydrogens is 334 g/mol. The largest absolute Gasteiger partial charge is 0.405 e. The van der Waals surface area contributed by atoms with Crippen molar-refractivity contribution in [1.29, 1.82) is 0 Å². The van der Waals surface area contributed by atoms with Crippen molar-refractivity contribution in [3.8, 4) is 0 Å². The molecule has 1 unspecified atom stereocenters. The van der Waals surface area contributed by atoms with E-state index in [-0.39, 0.29) is 13.0 Å². The Morgan fingerprint density at radius 3 is 2.48 bits per heavy atom. The summed E-state index contributed by atoms with van der Waals surface area (Å²) in [5.41, 5.74) is 0. The third-order valence-corrected chi connectivity index (χ3v) is 5.52. The molecule has 1 aliphatic heterocycles. The molecular formula is C12H12ClF4NO2S. The predicted octanol–water partition coefficient (Wildman–Crippen LogP) is 3.58. The maximum absolute atomic E-state index is 13.1. The number of hydrogen-bond donors (Lipinski definition) is 0. The Balaban J connectivity index is 2.43. The second-order valence-electron chi connectivity index (χ2n) is 4.74. The average molecular weight is 346 g/mol. The van der Waals surface area contributed by atoms with E-state index < -0.39 is 38.0 Å². The van der Waals surface area contributed by atoms with Crippen molar-refractivity contribution in [1.82, 2.24) is 4.31 Å². The maximum Gasteiger partial charge on any atom is 0.405 e. The van der Waals surface area contributed by atoms with Crippen LogP contribution in [0, 0.1) is 5.82 Å². The van der Waals surface area contributed by atoms with E-state index in [9.17, 15) is 26.0 Å². The van der Waals surface area contributed by atoms with E-state index in [4.69, 9.17) is 11.6 Å². The zero-order chi connectivity index (χ0) is 15.8. The summed E-state index contributed by atoms with van der Waals surface area (Å²) in [5.74, 6) is -0.832. The maximum atomic E-state index is 13.1. The summed E-state index contributed by atoms with van der Waals surface area (Å²) in [4.78, 5) is -0.440. The summed E-state index contributed by atoms with van der Waals surface area (Å²) in [6.45, 7) is -0.221. The van der Waals surface area contributed by atoms with E-state index in [1.807, 2.05) is 0 Å². The van der Waals surface area contributed by atoms with E-state index in [0.717, 1.165) is 18.2 Å². The predicted molar refractivity (Wildman–Crippen MR) is 69.0 cm³/mol. The fourth-order valence-electron chi connectivity index (χ4n) is 2.29. The topological polar surface area (TPSA) is 37.4 Å². The van der Waals surface area contributed by atoms with Crippen molar-refractivity contribution in [2.24, 2.45) is 0 Å². The lowest BCUT2D eigenvalue weighted by atomic mass is 10.1. The van der Waals surface area contributed by atoms with Crippen LogP contribution in [-0.4, -0.2) is 31.5 Å². The minimum Gasteiger partial charge on any atom is -0.207 e. The lowest BCUT2D eigenvalue weighted by Gasteiger charge is -2.35. The second kappa shape index (κ2) is 5.73. The van der Waals surface area contributed by atoms with Gasteiger partial charge < -0.3 is 0 Å². The van der Waals surface area contributed by atoms with Gasteiger partial charge in [-0.15, -0.1) is 0 Å². The molecule has 0 saturated carbocycles. The van der Waals surface area contributed by atoms with Crippen molar-refractivity contribution in [2.75, 3.05) is 6.54 Å². The number of rotatable bonds is 2. The molecule has 118 valence electrons. The van der Waals surface area contributed by atoms with E-state index in [2.05, 4.69) is 0 Å². The minimum absolute atomic E-state index is 0.221. The molecule has 0 radical (unpaired) electrons. The minimum atomic E-state index is -4.64. The Morgan fingerprint density at radius 2 is 1.90 bits per heavy atom. The molecule has 0 amide bonds. The summed E-state index contributed by atoms with van der Waals surface area (Å²) in [6, 6.07) is 0.509. The van der Waals surface area contributed by atoms with Gasteiger partial charge in [-0.2, -0.15) is 17.5 Å². The van der Waals surface area contributed by atoms with Gasteiger partial charge >= 0.3 is 6.18 Å². The molecule has 1 aliphatic rings. The summed E-state index contributed by atoms with van der Waals surface area (Å²) in [5, 5.41) is -0.448. The van der Waals surface area contributed by atoms with Crippen molar-refractivity contribution >= 4 is 21.6 Å². The van der Waals surface area contributed by atoms with Gasteiger partial charge in [0.15, 0.2) is 0 Å². The molecule has 1 atom stereocenters. The molecule has 0 aromatic heterocycles. The van der Waals surface area contributed by atoms with Crippen LogP contribution >= 0.6 is 11.6 Å². The van der Waals surface area contributed by atoms with Crippen molar-refractivity contribution in [3.05, 3.63) is 29.0 Å². The van der Waals surface area contributed by atoms with Crippen molar-refractivity contribution < 1.29 is 26.0 Å². The highest BCUT2D eigenvalue weighted by atomic mass is 35.5. The van der Waals surface area contributed by atoms with Gasteiger partial charge in [-0.1, -0.05) is 18.0 Å². The van der Waals surface area contributed by atoms with Gasteiger partial charge in [-0.3, -0.25) is 0 Å².